The molecule has 0 aliphatic heterocycles. The van der Waals surface area contributed by atoms with Gasteiger partial charge in [-0.1, -0.05) is 0 Å². The Morgan fingerprint density at radius 3 is 1.50 bits per heavy atom. The Balaban J connectivity index is 0. The summed E-state index contributed by atoms with van der Waals surface area (Å²) in [6.07, 6.45) is 0. The molecule has 0 aliphatic rings. The Morgan fingerprint density at radius 1 is 1.50 bits per heavy atom. The summed E-state index contributed by atoms with van der Waals surface area (Å²) in [5, 5.41) is 6.50. The van der Waals surface area contributed by atoms with Crippen LogP contribution < -0.4 is 4.78 Å². The van der Waals surface area contributed by atoms with E-state index >= 15 is 0 Å². The average molecular weight is 102 g/mol. The van der Waals surface area contributed by atoms with Gasteiger partial charge < -0.3 is 0 Å². The predicted octanol–water partition coefficient (Wildman–Crippen LogP) is -0.453. The zero-order chi connectivity index (χ0) is 4.00. The van der Waals surface area contributed by atoms with E-state index in [2.05, 4.69) is 27.3 Å². The van der Waals surface area contributed by atoms with Crippen LogP contribution in [0, 0.1) is 11.8 Å². The van der Waals surface area contributed by atoms with Gasteiger partial charge in [-0.3, -0.25) is 0 Å². The molecule has 0 aliphatic carbocycles. The summed E-state index contributed by atoms with van der Waals surface area (Å²) in [6, 6.07) is 0. The first-order chi connectivity index (χ1) is 2.00. The van der Waals surface area contributed by atoms with Crippen molar-refractivity contribution in [1.82, 2.24) is 0 Å². The van der Waals surface area contributed by atoms with E-state index in [0.717, 1.165) is 0 Å². The molecule has 0 bridgehead atoms. The second-order valence-corrected chi connectivity index (χ2v) is 0. The van der Waals surface area contributed by atoms with E-state index in [1.54, 1.807) is 0 Å². The average Bonchev–Trinajstić information content (AvgIpc) is 1.50. The van der Waals surface area contributed by atoms with Crippen LogP contribution in [0.3, 0.4) is 0 Å². The number of nitriles is 1. The second-order valence-electron chi connectivity index (χ2n) is 0. The Morgan fingerprint density at radius 2 is 1.50 bits per heavy atom. The predicted molar refractivity (Wildman–Crippen MR) is 10.9 cm³/mol. The minimum atomic E-state index is 3.06. The monoisotopic (exact) mass is 102 g/mol. The molecule has 0 amide bonds. The molecule has 0 aromatic heterocycles. The van der Waals surface area contributed by atoms with Crippen LogP contribution in [0.1, 0.15) is 0 Å². The summed E-state index contributed by atoms with van der Waals surface area (Å²) < 4.78 is 0. The van der Waals surface area contributed by atoms with Crippen LogP contribution in [0.4, 0.5) is 0 Å². The van der Waals surface area contributed by atoms with Crippen molar-refractivity contribution in [3.05, 3.63) is 0 Å². The summed E-state index contributed by atoms with van der Waals surface area (Å²) in [7, 11) is 0. The van der Waals surface area contributed by atoms with Crippen LogP contribution in [0.15, 0.2) is 0 Å². The maximum absolute atomic E-state index is 6.50. The second kappa shape index (κ2) is 5980. The van der Waals surface area contributed by atoms with Crippen LogP contribution in [-0.2, 0) is 16.0 Å². The van der Waals surface area contributed by atoms with Crippen molar-refractivity contribution >= 4 is 0 Å². The summed E-state index contributed by atoms with van der Waals surface area (Å²) in [5.41, 5.74) is 0. The fraction of sp³-hybridized carbons (Fsp3) is 0. The molecule has 0 aromatic carbocycles. The third kappa shape index (κ3) is 946. The third-order valence-electron chi connectivity index (χ3n) is 0. The third-order valence-corrected chi connectivity index (χ3v) is 0. The van der Waals surface area contributed by atoms with Gasteiger partial charge in [0.15, 0.2) is 0 Å². The fourth-order valence-electron chi connectivity index (χ4n) is 0. The van der Waals surface area contributed by atoms with Crippen molar-refractivity contribution in [1.29, 1.82) is 5.26 Å². The molecule has 0 unspecified atom stereocenters. The molecule has 26 valence electrons. The van der Waals surface area contributed by atoms with Gasteiger partial charge in [-0.15, -0.1) is 0 Å². The van der Waals surface area contributed by atoms with Crippen LogP contribution in [0.2, 0.25) is 0 Å². The van der Waals surface area contributed by atoms with E-state index in [1.807, 2.05) is 0 Å². The first-order valence-electron chi connectivity index (χ1n) is 0.451. The first kappa shape index (κ1) is 9.03. The molecule has 0 heterocycles. The molecule has 0 atom stereocenters. The molecule has 0 saturated carbocycles. The zero-order valence-electron chi connectivity index (χ0n) is 1.94. The van der Waals surface area contributed by atoms with Gasteiger partial charge >= 0.3 is 20.7 Å². The molecule has 0 saturated heterocycles. The van der Waals surface area contributed by atoms with E-state index in [-0.39, 0.29) is 0 Å². The molecule has 2 N–H and O–H groups in total. The number of hydrogen-bond acceptors (Lipinski definition) is 2. The zero-order valence-corrected chi connectivity index (χ0v) is 2.98. The van der Waals surface area contributed by atoms with Gasteiger partial charge in [-0.2, -0.15) is 0 Å². The van der Waals surface area contributed by atoms with E-state index in [0.29, 0.717) is 0 Å². The van der Waals surface area contributed by atoms with E-state index in [9.17, 15) is 0 Å². The fourth-order valence-corrected chi connectivity index (χ4v) is 0. The normalized spacial score (nSPS) is 2.25. The van der Waals surface area contributed by atoms with Crippen LogP contribution in [-0.4, -0.2) is 0 Å². The van der Waals surface area contributed by atoms with Crippen LogP contribution in [0.25, 0.3) is 0 Å². The molecule has 0 spiro atoms. The summed E-state index contributed by atoms with van der Waals surface area (Å²) >= 11 is 3.06. The maximum atomic E-state index is 6.50. The van der Waals surface area contributed by atoms with Crippen LogP contribution in [0.5, 0.6) is 0 Å². The Kier molecular flexibility index (Phi) is 13500. The molecule has 2 nitrogen and oxygen atoms in total. The summed E-state index contributed by atoms with van der Waals surface area (Å²) in [4.78, 5) is 4.19. The van der Waals surface area contributed by atoms with Gasteiger partial charge in [0, 0.05) is 6.57 Å². The molecule has 4 heavy (non-hydrogen) atoms. The summed E-state index contributed by atoms with van der Waals surface area (Å²) in [5.74, 6) is 0. The Hall–Kier alpha value is -0.0435. The van der Waals surface area contributed by atoms with Gasteiger partial charge in [0.1, 0.15) is 0 Å². The quantitative estimate of drug-likeness (QED) is 0.450. The molecular formula is CH3CoN2. The van der Waals surface area contributed by atoms with E-state index in [1.165, 1.54) is 0 Å². The molecular weight excluding hydrogens is 99.0 g/mol. The van der Waals surface area contributed by atoms with Crippen molar-refractivity contribution in [2.45, 2.75) is 0 Å². The van der Waals surface area contributed by atoms with Crippen molar-refractivity contribution in [3.63, 3.8) is 0 Å². The topological polar surface area (TPSA) is 49.8 Å². The molecule has 0 radical (unpaired) electrons. The molecule has 3 heteroatoms. The minimum absolute atomic E-state index is 3.06. The van der Waals surface area contributed by atoms with Gasteiger partial charge in [-0.25, -0.2) is 5.26 Å². The standard InChI is InChI=1S/CHN.Co.H2N/c1-2;;/h1H;;1H2/q;+1;-1. The molecule has 0 fully saturated rings. The Bertz CT molecular complexity index is 10.8. The van der Waals surface area contributed by atoms with Gasteiger partial charge in [-0.05, 0) is 0 Å². The van der Waals surface area contributed by atoms with Gasteiger partial charge in [0.2, 0.25) is 0 Å². The van der Waals surface area contributed by atoms with Crippen molar-refractivity contribution < 1.29 is 16.0 Å². The van der Waals surface area contributed by atoms with E-state index < -0.39 is 0 Å². The number of hydrogen-bond donors (Lipinski definition) is 1. The van der Waals surface area contributed by atoms with Crippen molar-refractivity contribution in [3.8, 4) is 6.57 Å². The van der Waals surface area contributed by atoms with Crippen molar-refractivity contribution in [2.24, 2.45) is 4.78 Å². The first-order valence-corrected chi connectivity index (χ1v) is 1.05. The van der Waals surface area contributed by atoms with Gasteiger partial charge in [0.05, 0.1) is 0 Å². The van der Waals surface area contributed by atoms with Gasteiger partial charge in [0.25, 0.3) is 0 Å². The van der Waals surface area contributed by atoms with E-state index in [4.69, 9.17) is 5.26 Å². The Labute approximate surface area is 33.4 Å². The molecule has 0 aromatic rings. The van der Waals surface area contributed by atoms with Crippen molar-refractivity contribution in [2.75, 3.05) is 0 Å². The number of nitrogens with zero attached hydrogens (tertiary/aromatic N) is 1. The molecule has 0 rings (SSSR count). The number of rotatable bonds is 0. The van der Waals surface area contributed by atoms with Crippen LogP contribution >= 0.6 is 0 Å². The number of nitrogens with two attached hydrogens (primary N) is 1. The summed E-state index contributed by atoms with van der Waals surface area (Å²) in [6.45, 7) is 3.50. The SMILES string of the molecule is C#N.[NH2][Co].